The third-order valence-corrected chi connectivity index (χ3v) is 10.3. The van der Waals surface area contributed by atoms with Crippen molar-refractivity contribution in [2.75, 3.05) is 12.4 Å². The molecule has 0 aliphatic carbocycles. The molecule has 216 valence electrons. The van der Waals surface area contributed by atoms with Crippen LogP contribution in [-0.2, 0) is 30.1 Å². The third kappa shape index (κ3) is 4.19. The summed E-state index contributed by atoms with van der Waals surface area (Å²) in [7, 11) is -13.7. The number of hydrogen-bond acceptors (Lipinski definition) is 10. The molecule has 0 aliphatic rings. The Morgan fingerprint density at radius 1 is 0.690 bits per heavy atom. The molecule has 0 spiro atoms. The number of fused-ring (bicyclic) bond motifs is 2. The minimum absolute atomic E-state index is 0.0288. The minimum Gasteiger partial charge on any atom is -0.455 e. The summed E-state index contributed by atoms with van der Waals surface area (Å²) in [4.78, 5) is 26.0. The largest absolute Gasteiger partial charge is 0.455 e. The van der Waals surface area contributed by atoms with Crippen molar-refractivity contribution in [1.82, 2.24) is 4.57 Å². The maximum Gasteiger partial charge on any atom is 0.298 e. The quantitative estimate of drug-likeness (QED) is 0.137. The van der Waals surface area contributed by atoms with E-state index in [-0.39, 0.29) is 48.5 Å². The molecule has 6 rings (SSSR count). The highest BCUT2D eigenvalue weighted by Crippen LogP contribution is 2.40. The monoisotopic (exact) mass is 631 g/mol. The summed E-state index contributed by atoms with van der Waals surface area (Å²) < 4.78 is 99.7. The van der Waals surface area contributed by atoms with Gasteiger partial charge in [-0.1, -0.05) is 12.1 Å². The second kappa shape index (κ2) is 9.15. The normalized spacial score (nSPS) is 13.1. The molecule has 0 bridgehead atoms. The van der Waals surface area contributed by atoms with Gasteiger partial charge in [-0.3, -0.25) is 18.7 Å². The number of pyridine rings is 1. The first kappa shape index (κ1) is 28.0. The molecule has 42 heavy (non-hydrogen) atoms. The lowest BCUT2D eigenvalue weighted by atomic mass is 9.96. The first-order valence-corrected chi connectivity index (χ1v) is 16.4. The molecular formula is C26H17NO12S3. The smallest absolute Gasteiger partial charge is 0.298 e. The molecule has 2 heterocycles. The van der Waals surface area contributed by atoms with Crippen molar-refractivity contribution < 1.29 is 43.9 Å². The van der Waals surface area contributed by atoms with E-state index >= 15 is 0 Å². The highest BCUT2D eigenvalue weighted by Gasteiger charge is 2.27. The van der Waals surface area contributed by atoms with Crippen molar-refractivity contribution >= 4 is 73.6 Å². The molecule has 0 aliphatic heterocycles. The number of aliphatic hydroxyl groups is 1. The Morgan fingerprint density at radius 3 is 2.05 bits per heavy atom. The van der Waals surface area contributed by atoms with E-state index in [0.717, 1.165) is 24.3 Å². The Labute approximate surface area is 235 Å². The zero-order valence-corrected chi connectivity index (χ0v) is 23.3. The van der Waals surface area contributed by atoms with Gasteiger partial charge in [0.05, 0.1) is 33.2 Å². The van der Waals surface area contributed by atoms with E-state index in [2.05, 4.69) is 0 Å². The first-order valence-electron chi connectivity index (χ1n) is 11.9. The number of sulfone groups is 1. The van der Waals surface area contributed by atoms with Crippen LogP contribution in [0.3, 0.4) is 0 Å². The first-order chi connectivity index (χ1) is 19.6. The maximum atomic E-state index is 13.8. The van der Waals surface area contributed by atoms with E-state index in [1.807, 2.05) is 0 Å². The van der Waals surface area contributed by atoms with Crippen molar-refractivity contribution in [1.29, 1.82) is 0 Å². The standard InChI is InChI=1S/C26H17NO12S3/c28-8-9-40(31,32)14-3-1-2-13(10-14)27-25(29)17-6-5-16-18-11-15(41(33,34)35)4-7-20(18)39-24-21(42(36,37)38)12-19(26(27)30)22(17)23(16)24/h1-7,10-12,28H,8-9H2,(H,33,34,35)(H,36,37,38). The number of hydrogen-bond donors (Lipinski definition) is 3. The molecule has 0 unspecified atom stereocenters. The van der Waals surface area contributed by atoms with Crippen LogP contribution in [0, 0.1) is 0 Å². The van der Waals surface area contributed by atoms with Crippen LogP contribution in [-0.4, -0.2) is 56.4 Å². The lowest BCUT2D eigenvalue weighted by Gasteiger charge is -2.16. The summed E-state index contributed by atoms with van der Waals surface area (Å²) in [5, 5.41) is 8.77. The van der Waals surface area contributed by atoms with Crippen molar-refractivity contribution in [2.24, 2.45) is 0 Å². The number of rotatable bonds is 6. The molecular weight excluding hydrogens is 614 g/mol. The zero-order chi connectivity index (χ0) is 30.4. The van der Waals surface area contributed by atoms with Crippen LogP contribution in [0.4, 0.5) is 0 Å². The average molecular weight is 632 g/mol. The molecule has 0 atom stereocenters. The molecule has 0 radical (unpaired) electrons. The second-order valence-electron chi connectivity index (χ2n) is 9.36. The van der Waals surface area contributed by atoms with Gasteiger partial charge in [0.1, 0.15) is 10.5 Å². The molecule has 13 nitrogen and oxygen atoms in total. The summed E-state index contributed by atoms with van der Waals surface area (Å²) in [6.07, 6.45) is 0. The Morgan fingerprint density at radius 2 is 1.38 bits per heavy atom. The number of aliphatic hydroxyl groups excluding tert-OH is 1. The zero-order valence-electron chi connectivity index (χ0n) is 20.9. The van der Waals surface area contributed by atoms with Crippen LogP contribution in [0.2, 0.25) is 0 Å². The van der Waals surface area contributed by atoms with Crippen molar-refractivity contribution in [3.05, 3.63) is 81.4 Å². The van der Waals surface area contributed by atoms with Gasteiger partial charge in [-0.2, -0.15) is 16.8 Å². The molecule has 3 N–H and O–H groups in total. The number of aromatic nitrogens is 1. The van der Waals surface area contributed by atoms with Gasteiger partial charge in [0.25, 0.3) is 31.4 Å². The minimum atomic E-state index is -5.05. The van der Waals surface area contributed by atoms with Crippen molar-refractivity contribution in [3.8, 4) is 5.69 Å². The Kier molecular flexibility index (Phi) is 6.09. The molecule has 0 fully saturated rings. The van der Waals surface area contributed by atoms with Crippen LogP contribution in [0.5, 0.6) is 0 Å². The van der Waals surface area contributed by atoms with Gasteiger partial charge in [-0.15, -0.1) is 0 Å². The van der Waals surface area contributed by atoms with Crippen LogP contribution >= 0.6 is 0 Å². The van der Waals surface area contributed by atoms with Crippen molar-refractivity contribution in [3.63, 3.8) is 0 Å². The van der Waals surface area contributed by atoms with Gasteiger partial charge in [0.15, 0.2) is 15.4 Å². The fourth-order valence-corrected chi connectivity index (χ4v) is 7.29. The fourth-order valence-electron chi connectivity index (χ4n) is 5.08. The summed E-state index contributed by atoms with van der Waals surface area (Å²) in [6.45, 7) is -0.663. The van der Waals surface area contributed by atoms with Crippen LogP contribution in [0.1, 0.15) is 0 Å². The highest BCUT2D eigenvalue weighted by atomic mass is 32.2. The van der Waals surface area contributed by atoms with Crippen LogP contribution in [0.15, 0.2) is 89.4 Å². The molecule has 6 aromatic rings. The van der Waals surface area contributed by atoms with Gasteiger partial charge in [-0.05, 0) is 53.9 Å². The van der Waals surface area contributed by atoms with Gasteiger partial charge in [-0.25, -0.2) is 13.0 Å². The molecule has 0 amide bonds. The molecule has 2 aromatic heterocycles. The molecule has 4 aromatic carbocycles. The topological polar surface area (TPSA) is 215 Å². The van der Waals surface area contributed by atoms with E-state index in [1.54, 1.807) is 0 Å². The fraction of sp³-hybridized carbons (Fsp3) is 0.0769. The van der Waals surface area contributed by atoms with Crippen molar-refractivity contribution in [2.45, 2.75) is 14.7 Å². The number of nitrogens with zero attached hydrogens (tertiary/aromatic N) is 1. The third-order valence-electron chi connectivity index (χ3n) is 6.89. The van der Waals surface area contributed by atoms with Gasteiger partial charge >= 0.3 is 0 Å². The molecule has 16 heteroatoms. The van der Waals surface area contributed by atoms with E-state index < -0.39 is 68.9 Å². The summed E-state index contributed by atoms with van der Waals surface area (Å²) >= 11 is 0. The summed E-state index contributed by atoms with van der Waals surface area (Å²) in [5.74, 6) is -0.607. The maximum absolute atomic E-state index is 13.8. The van der Waals surface area contributed by atoms with Crippen LogP contribution < -0.4 is 11.1 Å². The lowest BCUT2D eigenvalue weighted by Crippen LogP contribution is -2.32. The summed E-state index contributed by atoms with van der Waals surface area (Å²) in [6, 6.07) is 11.7. The van der Waals surface area contributed by atoms with Gasteiger partial charge in [0, 0.05) is 21.5 Å². The van der Waals surface area contributed by atoms with Gasteiger partial charge < -0.3 is 9.52 Å². The Bertz CT molecular complexity index is 2580. The second-order valence-corrected chi connectivity index (χ2v) is 14.3. The summed E-state index contributed by atoms with van der Waals surface area (Å²) in [5.41, 5.74) is -2.53. The average Bonchev–Trinajstić information content (AvgIpc) is 2.91. The molecule has 0 saturated carbocycles. The van der Waals surface area contributed by atoms with Gasteiger partial charge in [0.2, 0.25) is 0 Å². The SMILES string of the molecule is O=c1c2ccc3c4cc(S(=O)(=O)O)ccc4oc4c(S(=O)(=O)O)cc(c(=O)n1-c1cccc(S(=O)(=O)CCO)c1)c2c43. The predicted molar refractivity (Wildman–Crippen MR) is 151 cm³/mol. The molecule has 0 saturated heterocycles. The van der Waals surface area contributed by atoms with E-state index in [0.29, 0.717) is 4.57 Å². The lowest BCUT2D eigenvalue weighted by molar-refractivity contribution is 0.319. The Hall–Kier alpha value is -4.19. The number of benzene rings is 4. The van der Waals surface area contributed by atoms with E-state index in [4.69, 9.17) is 9.52 Å². The Balaban J connectivity index is 1.81. The van der Waals surface area contributed by atoms with E-state index in [9.17, 15) is 43.9 Å². The van der Waals surface area contributed by atoms with E-state index in [1.165, 1.54) is 36.4 Å². The predicted octanol–water partition coefficient (Wildman–Crippen LogP) is 2.10. The van der Waals surface area contributed by atoms with Crippen LogP contribution in [0.25, 0.3) is 49.2 Å². The highest BCUT2D eigenvalue weighted by molar-refractivity contribution is 7.91.